The average Bonchev–Trinajstić information content (AvgIpc) is 2.27. The molecule has 7 heteroatoms. The fraction of sp³-hybridized carbons (Fsp3) is 0.364. The normalized spacial score (nSPS) is 10.4. The number of nitrogens with one attached hydrogen (secondary N) is 1. The lowest BCUT2D eigenvalue weighted by Crippen LogP contribution is -2.29. The highest BCUT2D eigenvalue weighted by atomic mass is 35.5. The van der Waals surface area contributed by atoms with E-state index in [-0.39, 0.29) is 17.7 Å². The third-order valence-corrected chi connectivity index (χ3v) is 2.24. The van der Waals surface area contributed by atoms with Gasteiger partial charge in [0.05, 0.1) is 0 Å². The van der Waals surface area contributed by atoms with Gasteiger partial charge in [-0.25, -0.2) is 10.5 Å². The van der Waals surface area contributed by atoms with Crippen LogP contribution in [0.15, 0.2) is 12.1 Å². The zero-order valence-electron chi connectivity index (χ0n) is 10.1. The first-order chi connectivity index (χ1) is 8.40. The molecule has 0 saturated heterocycles. The predicted octanol–water partition coefficient (Wildman–Crippen LogP) is 1.01. The van der Waals surface area contributed by atoms with Gasteiger partial charge in [0.15, 0.2) is 6.61 Å². The molecule has 2 amide bonds. The average molecular weight is 272 g/mol. The molecule has 0 atom stereocenters. The molecule has 98 valence electrons. The van der Waals surface area contributed by atoms with E-state index in [2.05, 4.69) is 15.3 Å². The van der Waals surface area contributed by atoms with Crippen molar-refractivity contribution in [2.75, 3.05) is 6.61 Å². The third kappa shape index (κ3) is 4.31. The van der Waals surface area contributed by atoms with Crippen LogP contribution in [-0.2, 0) is 9.63 Å². The Bertz CT molecular complexity index is 463. The lowest BCUT2D eigenvalue weighted by molar-refractivity contribution is -0.124. The minimum atomic E-state index is -0.675. The van der Waals surface area contributed by atoms with E-state index in [1.165, 1.54) is 6.07 Å². The summed E-state index contributed by atoms with van der Waals surface area (Å²) in [6, 6.07) is 3.02. The Morgan fingerprint density at radius 1 is 1.50 bits per heavy atom. The van der Waals surface area contributed by atoms with Crippen LogP contribution in [0.2, 0.25) is 5.15 Å². The van der Waals surface area contributed by atoms with E-state index in [0.717, 1.165) is 0 Å². The van der Waals surface area contributed by atoms with Crippen LogP contribution in [-0.4, -0.2) is 23.4 Å². The molecule has 1 rings (SSSR count). The number of pyridine rings is 1. The molecule has 0 saturated carbocycles. The van der Waals surface area contributed by atoms with E-state index < -0.39 is 11.8 Å². The Labute approximate surface area is 109 Å². The molecule has 0 fully saturated rings. The molecule has 3 N–H and O–H groups in total. The lowest BCUT2D eigenvalue weighted by Gasteiger charge is -2.08. The number of aromatic nitrogens is 1. The smallest absolute Gasteiger partial charge is 0.275 e. The first kappa shape index (κ1) is 14.4. The molecule has 0 spiro atoms. The minimum Gasteiger partial charge on any atom is -0.368 e. The van der Waals surface area contributed by atoms with Crippen molar-refractivity contribution in [3.05, 3.63) is 28.5 Å². The number of nitrogens with zero attached hydrogens (tertiary/aromatic N) is 1. The Morgan fingerprint density at radius 3 is 2.72 bits per heavy atom. The van der Waals surface area contributed by atoms with Crippen molar-refractivity contribution in [3.63, 3.8) is 0 Å². The number of halogens is 1. The summed E-state index contributed by atoms with van der Waals surface area (Å²) in [6.07, 6.45) is 0. The van der Waals surface area contributed by atoms with E-state index in [1.54, 1.807) is 6.07 Å². The summed E-state index contributed by atoms with van der Waals surface area (Å²) in [5.74, 6) is -1.05. The highest BCUT2D eigenvalue weighted by Gasteiger charge is 2.11. The van der Waals surface area contributed by atoms with E-state index >= 15 is 0 Å². The largest absolute Gasteiger partial charge is 0.368 e. The number of primary amides is 1. The number of hydroxylamine groups is 1. The summed E-state index contributed by atoms with van der Waals surface area (Å²) in [7, 11) is 0. The first-order valence-electron chi connectivity index (χ1n) is 5.28. The van der Waals surface area contributed by atoms with Crippen molar-refractivity contribution in [2.45, 2.75) is 19.8 Å². The quantitative estimate of drug-likeness (QED) is 0.617. The molecular formula is C11H14ClN3O3. The number of hydrogen-bond donors (Lipinski definition) is 2. The number of rotatable bonds is 5. The highest BCUT2D eigenvalue weighted by Crippen LogP contribution is 2.17. The molecule has 1 aromatic rings. The van der Waals surface area contributed by atoms with Crippen LogP contribution in [0.4, 0.5) is 0 Å². The van der Waals surface area contributed by atoms with Crippen LogP contribution in [0.3, 0.4) is 0 Å². The lowest BCUT2D eigenvalue weighted by atomic mass is 10.1. The summed E-state index contributed by atoms with van der Waals surface area (Å²) >= 11 is 5.82. The third-order valence-electron chi connectivity index (χ3n) is 2.05. The molecule has 0 aliphatic rings. The number of hydrogen-bond acceptors (Lipinski definition) is 4. The summed E-state index contributed by atoms with van der Waals surface area (Å²) in [5, 5.41) is 0.223. The van der Waals surface area contributed by atoms with Gasteiger partial charge in [-0.1, -0.05) is 25.4 Å². The van der Waals surface area contributed by atoms with Gasteiger partial charge in [0.25, 0.3) is 5.91 Å². The van der Waals surface area contributed by atoms with Crippen molar-refractivity contribution in [1.29, 1.82) is 0 Å². The second kappa shape index (κ2) is 6.32. The van der Waals surface area contributed by atoms with Gasteiger partial charge in [0.1, 0.15) is 5.15 Å². The Kier molecular flexibility index (Phi) is 5.06. The maximum Gasteiger partial charge on any atom is 0.275 e. The van der Waals surface area contributed by atoms with E-state index in [1.807, 2.05) is 13.8 Å². The van der Waals surface area contributed by atoms with Crippen LogP contribution in [0.1, 0.15) is 35.8 Å². The van der Waals surface area contributed by atoms with Gasteiger partial charge in [0, 0.05) is 11.3 Å². The Balaban J connectivity index is 2.76. The molecule has 18 heavy (non-hydrogen) atoms. The van der Waals surface area contributed by atoms with Crippen molar-refractivity contribution >= 4 is 23.4 Å². The van der Waals surface area contributed by atoms with Crippen LogP contribution in [0, 0.1) is 0 Å². The van der Waals surface area contributed by atoms with Crippen molar-refractivity contribution in [2.24, 2.45) is 5.73 Å². The molecule has 0 unspecified atom stereocenters. The second-order valence-corrected chi connectivity index (χ2v) is 4.33. The first-order valence-corrected chi connectivity index (χ1v) is 5.66. The number of amides is 2. The Morgan fingerprint density at radius 2 is 2.17 bits per heavy atom. The maximum absolute atomic E-state index is 11.7. The van der Waals surface area contributed by atoms with Crippen LogP contribution < -0.4 is 11.2 Å². The predicted molar refractivity (Wildman–Crippen MR) is 65.9 cm³/mol. The SMILES string of the molecule is CC(C)c1cc(C(=O)NOCC(N)=O)cc(Cl)n1. The van der Waals surface area contributed by atoms with Gasteiger partial charge in [-0.3, -0.25) is 14.4 Å². The summed E-state index contributed by atoms with van der Waals surface area (Å²) in [5.41, 5.74) is 7.96. The Hall–Kier alpha value is -1.66. The molecule has 0 aliphatic carbocycles. The molecule has 0 aromatic carbocycles. The molecule has 0 aliphatic heterocycles. The standard InChI is InChI=1S/C11H14ClN3O3/c1-6(2)8-3-7(4-9(12)14-8)11(17)15-18-5-10(13)16/h3-4,6H,5H2,1-2H3,(H2,13,16)(H,15,17). The van der Waals surface area contributed by atoms with Crippen LogP contribution in [0.5, 0.6) is 0 Å². The molecular weight excluding hydrogens is 258 g/mol. The van der Waals surface area contributed by atoms with Gasteiger partial charge in [0.2, 0.25) is 5.91 Å². The fourth-order valence-electron chi connectivity index (χ4n) is 1.18. The molecule has 0 radical (unpaired) electrons. The highest BCUT2D eigenvalue weighted by molar-refractivity contribution is 6.29. The molecule has 6 nitrogen and oxygen atoms in total. The minimum absolute atomic E-state index is 0.141. The summed E-state index contributed by atoms with van der Waals surface area (Å²) < 4.78 is 0. The second-order valence-electron chi connectivity index (χ2n) is 3.94. The van der Waals surface area contributed by atoms with E-state index in [0.29, 0.717) is 11.3 Å². The topological polar surface area (TPSA) is 94.3 Å². The van der Waals surface area contributed by atoms with Gasteiger partial charge in [-0.2, -0.15) is 0 Å². The van der Waals surface area contributed by atoms with Crippen molar-refractivity contribution < 1.29 is 14.4 Å². The monoisotopic (exact) mass is 271 g/mol. The summed E-state index contributed by atoms with van der Waals surface area (Å²) in [6.45, 7) is 3.48. The summed E-state index contributed by atoms with van der Waals surface area (Å²) in [4.78, 5) is 30.8. The van der Waals surface area contributed by atoms with Gasteiger partial charge < -0.3 is 5.73 Å². The van der Waals surface area contributed by atoms with Gasteiger partial charge in [-0.05, 0) is 18.1 Å². The van der Waals surface area contributed by atoms with E-state index in [4.69, 9.17) is 17.3 Å². The zero-order valence-corrected chi connectivity index (χ0v) is 10.8. The number of carbonyl (C=O) groups excluding carboxylic acids is 2. The van der Waals surface area contributed by atoms with Crippen molar-refractivity contribution in [1.82, 2.24) is 10.5 Å². The van der Waals surface area contributed by atoms with Crippen LogP contribution >= 0.6 is 11.6 Å². The van der Waals surface area contributed by atoms with Gasteiger partial charge in [-0.15, -0.1) is 0 Å². The molecule has 1 heterocycles. The maximum atomic E-state index is 11.7. The molecule has 0 bridgehead atoms. The number of carbonyl (C=O) groups is 2. The van der Waals surface area contributed by atoms with Crippen molar-refractivity contribution in [3.8, 4) is 0 Å². The van der Waals surface area contributed by atoms with Crippen LogP contribution in [0.25, 0.3) is 0 Å². The van der Waals surface area contributed by atoms with Gasteiger partial charge >= 0.3 is 0 Å². The fourth-order valence-corrected chi connectivity index (χ4v) is 1.39. The molecule has 1 aromatic heterocycles. The zero-order chi connectivity index (χ0) is 13.7. The number of nitrogens with two attached hydrogens (primary N) is 1. The van der Waals surface area contributed by atoms with E-state index in [9.17, 15) is 9.59 Å².